The van der Waals surface area contributed by atoms with Gasteiger partial charge in [0, 0.05) is 48.2 Å². The van der Waals surface area contributed by atoms with Crippen LogP contribution in [0.15, 0.2) is 61.2 Å². The molecule has 27 heavy (non-hydrogen) atoms. The Hall–Kier alpha value is -3.28. The summed E-state index contributed by atoms with van der Waals surface area (Å²) in [6.07, 6.45) is 9.35. The second kappa shape index (κ2) is 6.16. The van der Waals surface area contributed by atoms with E-state index in [1.165, 1.54) is 0 Å². The highest BCUT2D eigenvalue weighted by atomic mass is 16.7. The summed E-state index contributed by atoms with van der Waals surface area (Å²) < 4.78 is 14.0. The van der Waals surface area contributed by atoms with E-state index in [2.05, 4.69) is 10.3 Å². The van der Waals surface area contributed by atoms with Gasteiger partial charge in [-0.05, 0) is 49.2 Å². The van der Waals surface area contributed by atoms with Crippen molar-refractivity contribution in [2.45, 2.75) is 31.5 Å². The number of hydrogen-bond donors (Lipinski definition) is 1. The lowest BCUT2D eigenvalue weighted by atomic mass is 10.2. The molecule has 2 aromatic carbocycles. The molecule has 6 heteroatoms. The van der Waals surface area contributed by atoms with Gasteiger partial charge in [0.15, 0.2) is 11.5 Å². The van der Waals surface area contributed by atoms with E-state index in [0.29, 0.717) is 17.0 Å². The molecular weight excluding hydrogens is 342 g/mol. The third-order valence-electron chi connectivity index (χ3n) is 5.09. The van der Waals surface area contributed by atoms with Crippen LogP contribution in [0.25, 0.3) is 5.69 Å². The molecule has 1 aliphatic carbocycles. The van der Waals surface area contributed by atoms with Crippen molar-refractivity contribution in [2.24, 2.45) is 0 Å². The molecule has 1 N–H and O–H groups in total. The molecule has 0 radical (unpaired) electrons. The fourth-order valence-corrected chi connectivity index (χ4v) is 3.69. The van der Waals surface area contributed by atoms with Gasteiger partial charge in [0.25, 0.3) is 11.7 Å². The molecule has 1 amide bonds. The van der Waals surface area contributed by atoms with Gasteiger partial charge in [0.05, 0.1) is 6.33 Å². The average molecular weight is 361 g/mol. The normalized spacial score (nSPS) is 16.6. The van der Waals surface area contributed by atoms with Crippen LogP contribution in [0.5, 0.6) is 11.5 Å². The zero-order valence-corrected chi connectivity index (χ0v) is 14.7. The summed E-state index contributed by atoms with van der Waals surface area (Å²) in [6, 6.07) is 12.9. The van der Waals surface area contributed by atoms with Crippen LogP contribution in [0.2, 0.25) is 0 Å². The molecule has 0 unspecified atom stereocenters. The molecule has 1 saturated carbocycles. The molecule has 136 valence electrons. The number of carbonyl (C=O) groups is 1. The molecule has 1 spiro atoms. The van der Waals surface area contributed by atoms with Gasteiger partial charge < -0.3 is 19.4 Å². The number of benzene rings is 2. The van der Waals surface area contributed by atoms with Crippen LogP contribution in [0, 0.1) is 0 Å². The minimum absolute atomic E-state index is 0.165. The van der Waals surface area contributed by atoms with Crippen molar-refractivity contribution in [1.82, 2.24) is 9.55 Å². The molecular formula is C21H19N3O3. The van der Waals surface area contributed by atoms with E-state index >= 15 is 0 Å². The Morgan fingerprint density at radius 3 is 2.56 bits per heavy atom. The summed E-state index contributed by atoms with van der Waals surface area (Å²) in [5, 5.41) is 2.93. The predicted octanol–water partition coefficient (Wildman–Crippen LogP) is 4.17. The number of carbonyl (C=O) groups excluding carboxylic acids is 1. The number of fused-ring (bicyclic) bond motifs is 1. The van der Waals surface area contributed by atoms with Gasteiger partial charge in [-0.2, -0.15) is 0 Å². The quantitative estimate of drug-likeness (QED) is 0.760. The SMILES string of the molecule is O=C(Nc1ccc2c(c1)OC1(CCCC1)O2)c1ccc(-n2ccnc2)cc1. The van der Waals surface area contributed by atoms with E-state index in [4.69, 9.17) is 9.47 Å². The number of hydrogen-bond acceptors (Lipinski definition) is 4. The number of ether oxygens (including phenoxy) is 2. The Kier molecular flexibility index (Phi) is 3.63. The summed E-state index contributed by atoms with van der Waals surface area (Å²) in [5.41, 5.74) is 2.23. The lowest BCUT2D eigenvalue weighted by molar-refractivity contribution is -0.0716. The highest BCUT2D eigenvalue weighted by Gasteiger charge is 2.44. The molecule has 1 aromatic heterocycles. The Morgan fingerprint density at radius 1 is 1.04 bits per heavy atom. The lowest BCUT2D eigenvalue weighted by Crippen LogP contribution is -2.34. The maximum Gasteiger partial charge on any atom is 0.255 e. The van der Waals surface area contributed by atoms with E-state index in [1.54, 1.807) is 24.7 Å². The van der Waals surface area contributed by atoms with Gasteiger partial charge >= 0.3 is 0 Å². The van der Waals surface area contributed by atoms with Crippen LogP contribution in [-0.2, 0) is 0 Å². The standard InChI is InChI=1S/C21H19N3O3/c25-20(15-3-6-17(7-4-15)24-12-11-22-14-24)23-16-5-8-18-19(13-16)27-21(26-18)9-1-2-10-21/h3-8,11-14H,1-2,9-10H2,(H,23,25). The molecule has 2 heterocycles. The number of aromatic nitrogens is 2. The van der Waals surface area contributed by atoms with Gasteiger partial charge in [-0.3, -0.25) is 4.79 Å². The van der Waals surface area contributed by atoms with Gasteiger partial charge in [0.1, 0.15) is 0 Å². The summed E-state index contributed by atoms with van der Waals surface area (Å²) in [4.78, 5) is 16.6. The Balaban J connectivity index is 1.30. The fraction of sp³-hybridized carbons (Fsp3) is 0.238. The highest BCUT2D eigenvalue weighted by molar-refractivity contribution is 6.04. The summed E-state index contributed by atoms with van der Waals surface area (Å²) >= 11 is 0. The minimum Gasteiger partial charge on any atom is -0.448 e. The smallest absolute Gasteiger partial charge is 0.255 e. The zero-order chi connectivity index (χ0) is 18.3. The monoisotopic (exact) mass is 361 g/mol. The maximum absolute atomic E-state index is 12.6. The largest absolute Gasteiger partial charge is 0.448 e. The molecule has 0 bridgehead atoms. The number of imidazole rings is 1. The Bertz CT molecular complexity index is 974. The van der Waals surface area contributed by atoms with Crippen molar-refractivity contribution >= 4 is 11.6 Å². The van der Waals surface area contributed by atoms with E-state index in [1.807, 2.05) is 41.1 Å². The van der Waals surface area contributed by atoms with Crippen LogP contribution >= 0.6 is 0 Å². The van der Waals surface area contributed by atoms with Crippen molar-refractivity contribution in [1.29, 1.82) is 0 Å². The summed E-state index contributed by atoms with van der Waals surface area (Å²) in [5.74, 6) is 0.792. The summed E-state index contributed by atoms with van der Waals surface area (Å²) in [7, 11) is 0. The van der Waals surface area contributed by atoms with Gasteiger partial charge in [-0.25, -0.2) is 4.98 Å². The van der Waals surface area contributed by atoms with Gasteiger partial charge in [-0.15, -0.1) is 0 Å². The molecule has 1 aliphatic heterocycles. The Labute approximate surface area is 156 Å². The Morgan fingerprint density at radius 2 is 1.81 bits per heavy atom. The first kappa shape index (κ1) is 15.9. The highest BCUT2D eigenvalue weighted by Crippen LogP contribution is 2.47. The number of amides is 1. The zero-order valence-electron chi connectivity index (χ0n) is 14.7. The van der Waals surface area contributed by atoms with Gasteiger partial charge in [0.2, 0.25) is 0 Å². The summed E-state index contributed by atoms with van der Waals surface area (Å²) in [6.45, 7) is 0. The first-order valence-corrected chi connectivity index (χ1v) is 9.13. The second-order valence-corrected chi connectivity index (χ2v) is 6.95. The molecule has 0 atom stereocenters. The molecule has 0 saturated heterocycles. The maximum atomic E-state index is 12.6. The molecule has 5 rings (SSSR count). The number of nitrogens with zero attached hydrogens (tertiary/aromatic N) is 2. The molecule has 3 aromatic rings. The van der Waals surface area contributed by atoms with Crippen LogP contribution < -0.4 is 14.8 Å². The van der Waals surface area contributed by atoms with Crippen molar-refractivity contribution in [3.63, 3.8) is 0 Å². The molecule has 2 aliphatic rings. The average Bonchev–Trinajstić information content (AvgIpc) is 3.43. The third-order valence-corrected chi connectivity index (χ3v) is 5.09. The first-order chi connectivity index (χ1) is 13.2. The van der Waals surface area contributed by atoms with Gasteiger partial charge in [-0.1, -0.05) is 0 Å². The van der Waals surface area contributed by atoms with Crippen molar-refractivity contribution in [3.8, 4) is 17.2 Å². The minimum atomic E-state index is -0.492. The van der Waals surface area contributed by atoms with Crippen molar-refractivity contribution < 1.29 is 14.3 Å². The van der Waals surface area contributed by atoms with Crippen LogP contribution in [0.4, 0.5) is 5.69 Å². The number of anilines is 1. The van der Waals surface area contributed by atoms with Crippen molar-refractivity contribution in [3.05, 3.63) is 66.7 Å². The van der Waals surface area contributed by atoms with E-state index < -0.39 is 5.79 Å². The van der Waals surface area contributed by atoms with Crippen LogP contribution in [-0.4, -0.2) is 21.2 Å². The van der Waals surface area contributed by atoms with E-state index in [-0.39, 0.29) is 5.91 Å². The van der Waals surface area contributed by atoms with E-state index in [9.17, 15) is 4.79 Å². The third kappa shape index (κ3) is 2.93. The fourth-order valence-electron chi connectivity index (χ4n) is 3.69. The topological polar surface area (TPSA) is 65.4 Å². The molecule has 1 fully saturated rings. The lowest BCUT2D eigenvalue weighted by Gasteiger charge is -2.21. The van der Waals surface area contributed by atoms with Crippen molar-refractivity contribution in [2.75, 3.05) is 5.32 Å². The predicted molar refractivity (Wildman–Crippen MR) is 100 cm³/mol. The first-order valence-electron chi connectivity index (χ1n) is 9.13. The second-order valence-electron chi connectivity index (χ2n) is 6.95. The van der Waals surface area contributed by atoms with Crippen LogP contribution in [0.1, 0.15) is 36.0 Å². The number of nitrogens with one attached hydrogen (secondary N) is 1. The molecule has 6 nitrogen and oxygen atoms in total. The van der Waals surface area contributed by atoms with Crippen LogP contribution in [0.3, 0.4) is 0 Å². The number of rotatable bonds is 3. The van der Waals surface area contributed by atoms with E-state index in [0.717, 1.165) is 37.1 Å².